The average molecular weight is 549 g/mol. The molecule has 2 atom stereocenters. The van der Waals surface area contributed by atoms with Crippen LogP contribution in [0.25, 0.3) is 0 Å². The van der Waals surface area contributed by atoms with Crippen molar-refractivity contribution in [3.63, 3.8) is 0 Å². The number of allylic oxidation sites excluding steroid dienone is 3. The first-order chi connectivity index (χ1) is 19.2. The lowest BCUT2D eigenvalue weighted by Crippen LogP contribution is -2.45. The molecule has 40 heavy (non-hydrogen) atoms. The van der Waals surface area contributed by atoms with Gasteiger partial charge in [0.2, 0.25) is 0 Å². The predicted molar refractivity (Wildman–Crippen MR) is 156 cm³/mol. The summed E-state index contributed by atoms with van der Waals surface area (Å²) in [6.45, 7) is 8.33. The molecule has 2 aromatic carbocycles. The SMILES string of the molecule is C#CC1(C(=C)C(F)=CC=CC)CC(C)OC(N(Cc2ccc(OC)cc2OC)Cc2ccc(OC)cc2OC)=N1. The number of amidine groups is 1. The first kappa shape index (κ1) is 30.2. The molecule has 0 bridgehead atoms. The van der Waals surface area contributed by atoms with E-state index in [-0.39, 0.29) is 24.1 Å². The topological polar surface area (TPSA) is 61.8 Å². The number of benzene rings is 2. The maximum absolute atomic E-state index is 15.1. The molecule has 0 radical (unpaired) electrons. The molecule has 3 rings (SSSR count). The Morgan fingerprint density at radius 1 is 1.07 bits per heavy atom. The molecule has 7 nitrogen and oxygen atoms in total. The van der Waals surface area contributed by atoms with Crippen molar-refractivity contribution in [2.24, 2.45) is 4.99 Å². The van der Waals surface area contributed by atoms with Gasteiger partial charge in [0.1, 0.15) is 34.9 Å². The number of hydrogen-bond donors (Lipinski definition) is 0. The summed E-state index contributed by atoms with van der Waals surface area (Å²) in [7, 11) is 6.38. The highest BCUT2D eigenvalue weighted by Gasteiger charge is 2.41. The maximum Gasteiger partial charge on any atom is 0.290 e. The number of aliphatic imine (C=N–C) groups is 1. The van der Waals surface area contributed by atoms with Gasteiger partial charge in [-0.15, -0.1) is 6.42 Å². The van der Waals surface area contributed by atoms with Gasteiger partial charge in [-0.05, 0) is 44.2 Å². The van der Waals surface area contributed by atoms with Crippen LogP contribution in [0, 0.1) is 12.3 Å². The Hall–Kier alpha value is -4.38. The minimum atomic E-state index is -1.33. The largest absolute Gasteiger partial charge is 0.497 e. The van der Waals surface area contributed by atoms with Crippen molar-refractivity contribution in [1.82, 2.24) is 4.90 Å². The van der Waals surface area contributed by atoms with E-state index in [2.05, 4.69) is 12.5 Å². The van der Waals surface area contributed by atoms with Gasteiger partial charge in [0.25, 0.3) is 6.02 Å². The van der Waals surface area contributed by atoms with Gasteiger partial charge in [-0.1, -0.05) is 24.7 Å². The lowest BCUT2D eigenvalue weighted by Gasteiger charge is -2.38. The Morgan fingerprint density at radius 2 is 1.62 bits per heavy atom. The van der Waals surface area contributed by atoms with Gasteiger partial charge in [-0.2, -0.15) is 0 Å². The Kier molecular flexibility index (Phi) is 10.3. The molecule has 8 heteroatoms. The summed E-state index contributed by atoms with van der Waals surface area (Å²) in [5.41, 5.74) is 0.473. The third kappa shape index (κ3) is 6.78. The monoisotopic (exact) mass is 548 g/mol. The standard InChI is InChI=1S/C32H37FN2O5/c1-9-11-12-28(33)23(4)32(10-2)19-22(3)40-31(34-32)35(20-24-13-15-26(36-5)17-29(24)38-7)21-25-14-16-27(37-6)18-30(25)39-8/h2,9,11-18,22H,4,19-21H2,1,3,5-8H3. The molecule has 0 fully saturated rings. The first-order valence-electron chi connectivity index (χ1n) is 12.8. The Bertz CT molecular complexity index is 1290. The molecule has 212 valence electrons. The van der Waals surface area contributed by atoms with Crippen LogP contribution < -0.4 is 18.9 Å². The van der Waals surface area contributed by atoms with Gasteiger partial charge in [0.05, 0.1) is 41.5 Å². The Morgan fingerprint density at radius 3 is 2.08 bits per heavy atom. The van der Waals surface area contributed by atoms with Gasteiger partial charge >= 0.3 is 0 Å². The van der Waals surface area contributed by atoms with Crippen LogP contribution >= 0.6 is 0 Å². The highest BCUT2D eigenvalue weighted by atomic mass is 19.1. The van der Waals surface area contributed by atoms with Gasteiger partial charge in [0, 0.05) is 35.3 Å². The number of ether oxygens (including phenoxy) is 5. The summed E-state index contributed by atoms with van der Waals surface area (Å²) in [4.78, 5) is 6.75. The molecule has 0 saturated carbocycles. The van der Waals surface area contributed by atoms with Crippen molar-refractivity contribution in [3.8, 4) is 35.3 Å². The van der Waals surface area contributed by atoms with Crippen LogP contribution in [0.2, 0.25) is 0 Å². The molecule has 2 unspecified atom stereocenters. The third-order valence-corrected chi connectivity index (χ3v) is 6.62. The van der Waals surface area contributed by atoms with Crippen molar-refractivity contribution in [2.45, 2.75) is 45.0 Å². The molecule has 2 aromatic rings. The van der Waals surface area contributed by atoms with Crippen molar-refractivity contribution in [2.75, 3.05) is 28.4 Å². The second kappa shape index (κ2) is 13.6. The number of nitrogens with zero attached hydrogens (tertiary/aromatic N) is 2. The lowest BCUT2D eigenvalue weighted by atomic mass is 9.85. The summed E-state index contributed by atoms with van der Waals surface area (Å²) < 4.78 is 43.4. The van der Waals surface area contributed by atoms with Crippen LogP contribution in [-0.4, -0.2) is 51.0 Å². The minimum Gasteiger partial charge on any atom is -0.497 e. The zero-order valence-electron chi connectivity index (χ0n) is 24.0. The summed E-state index contributed by atoms with van der Waals surface area (Å²) >= 11 is 0. The number of terminal acetylenes is 1. The fourth-order valence-corrected chi connectivity index (χ4v) is 4.43. The quantitative estimate of drug-likeness (QED) is 0.245. The number of hydrogen-bond acceptors (Lipinski definition) is 7. The van der Waals surface area contributed by atoms with Gasteiger partial charge < -0.3 is 28.6 Å². The normalized spacial score (nSPS) is 18.8. The van der Waals surface area contributed by atoms with Crippen LogP contribution in [0.15, 0.2) is 77.6 Å². The molecule has 0 spiro atoms. The average Bonchev–Trinajstić information content (AvgIpc) is 2.98. The fourth-order valence-electron chi connectivity index (χ4n) is 4.43. The van der Waals surface area contributed by atoms with Gasteiger partial charge in [0.15, 0.2) is 5.54 Å². The molecule has 0 saturated heterocycles. The molecular formula is C32H37FN2O5. The highest BCUT2D eigenvalue weighted by molar-refractivity contribution is 5.77. The van der Waals surface area contributed by atoms with E-state index in [1.165, 1.54) is 6.08 Å². The van der Waals surface area contributed by atoms with E-state index in [9.17, 15) is 0 Å². The van der Waals surface area contributed by atoms with E-state index >= 15 is 4.39 Å². The second-order valence-corrected chi connectivity index (χ2v) is 9.26. The predicted octanol–water partition coefficient (Wildman–Crippen LogP) is 6.25. The van der Waals surface area contributed by atoms with Crippen molar-refractivity contribution in [1.29, 1.82) is 0 Å². The summed E-state index contributed by atoms with van der Waals surface area (Å²) in [6, 6.07) is 11.4. The summed E-state index contributed by atoms with van der Waals surface area (Å²) in [5.74, 6) is 4.76. The van der Waals surface area contributed by atoms with Gasteiger partial charge in [-0.3, -0.25) is 0 Å². The Balaban J connectivity index is 2.14. The molecular weight excluding hydrogens is 511 g/mol. The van der Waals surface area contributed by atoms with E-state index in [0.717, 1.165) is 11.1 Å². The van der Waals surface area contributed by atoms with Crippen LogP contribution in [0.5, 0.6) is 23.0 Å². The zero-order chi connectivity index (χ0) is 29.3. The third-order valence-electron chi connectivity index (χ3n) is 6.62. The number of methoxy groups -OCH3 is 4. The summed E-state index contributed by atoms with van der Waals surface area (Å²) in [5, 5.41) is 0. The zero-order valence-corrected chi connectivity index (χ0v) is 24.0. The fraction of sp³-hybridized carbons (Fsp3) is 0.344. The lowest BCUT2D eigenvalue weighted by molar-refractivity contribution is 0.116. The molecule has 1 heterocycles. The van der Waals surface area contributed by atoms with E-state index in [0.29, 0.717) is 36.1 Å². The van der Waals surface area contributed by atoms with E-state index in [4.69, 9.17) is 35.1 Å². The first-order valence-corrected chi connectivity index (χ1v) is 12.8. The van der Waals surface area contributed by atoms with Crippen molar-refractivity contribution < 1.29 is 28.1 Å². The molecule has 0 N–H and O–H groups in total. The highest BCUT2D eigenvalue weighted by Crippen LogP contribution is 2.37. The van der Waals surface area contributed by atoms with Crippen LogP contribution in [0.4, 0.5) is 4.39 Å². The minimum absolute atomic E-state index is 0.102. The Labute approximate surface area is 236 Å². The van der Waals surface area contributed by atoms with Crippen molar-refractivity contribution in [3.05, 3.63) is 83.7 Å². The number of rotatable bonds is 11. The van der Waals surface area contributed by atoms with Crippen molar-refractivity contribution >= 4 is 6.02 Å². The maximum atomic E-state index is 15.1. The van der Waals surface area contributed by atoms with E-state index < -0.39 is 11.4 Å². The van der Waals surface area contributed by atoms with Crippen LogP contribution in [0.3, 0.4) is 0 Å². The second-order valence-electron chi connectivity index (χ2n) is 9.26. The molecule has 0 aromatic heterocycles. The smallest absolute Gasteiger partial charge is 0.290 e. The molecule has 1 aliphatic heterocycles. The summed E-state index contributed by atoms with van der Waals surface area (Å²) in [6.07, 6.45) is 10.6. The van der Waals surface area contributed by atoms with E-state index in [1.54, 1.807) is 47.5 Å². The van der Waals surface area contributed by atoms with E-state index in [1.807, 2.05) is 48.2 Å². The molecule has 1 aliphatic rings. The van der Waals surface area contributed by atoms with Crippen LogP contribution in [-0.2, 0) is 17.8 Å². The van der Waals surface area contributed by atoms with Gasteiger partial charge in [-0.25, -0.2) is 9.38 Å². The number of halogens is 1. The molecule has 0 amide bonds. The molecule has 0 aliphatic carbocycles. The van der Waals surface area contributed by atoms with Crippen LogP contribution in [0.1, 0.15) is 31.4 Å².